The highest BCUT2D eigenvalue weighted by Gasteiger charge is 2.15. The van der Waals surface area contributed by atoms with Gasteiger partial charge in [0.2, 0.25) is 0 Å². The van der Waals surface area contributed by atoms with Crippen LogP contribution < -0.4 is 31.8 Å². The van der Waals surface area contributed by atoms with Crippen LogP contribution >= 0.6 is 55.4 Å². The van der Waals surface area contributed by atoms with Crippen LogP contribution in [0, 0.1) is 0 Å². The van der Waals surface area contributed by atoms with Gasteiger partial charge in [0.1, 0.15) is 0 Å². The molecule has 0 radical (unpaired) electrons. The molecule has 0 amide bonds. The lowest BCUT2D eigenvalue weighted by Crippen LogP contribution is -2.14. The number of rotatable bonds is 2. The van der Waals surface area contributed by atoms with E-state index in [1.165, 1.54) is 119 Å². The van der Waals surface area contributed by atoms with E-state index in [4.69, 9.17) is 0 Å². The van der Waals surface area contributed by atoms with Gasteiger partial charge in [-0.25, -0.2) is 0 Å². The van der Waals surface area contributed by atoms with Gasteiger partial charge in [0.25, 0.3) is 0 Å². The van der Waals surface area contributed by atoms with Gasteiger partial charge in [-0.05, 0) is 143 Å². The fourth-order valence-corrected chi connectivity index (χ4v) is 9.95. The Balaban J connectivity index is 1.26. The van der Waals surface area contributed by atoms with Crippen LogP contribution in [0.5, 0.6) is 0 Å². The molecule has 6 atom stereocenters. The SMILES string of the molecule is Pc1c(P)c2ccc(-c3ccc4c(P)c(P)c5ccc(-c6ccc7c(P)c(P)c8ccccc8c7c6)cc5c4c3)cc2c2ccccc12. The van der Waals surface area contributed by atoms with Crippen molar-refractivity contribution < 1.29 is 0 Å². The second-order valence-electron chi connectivity index (χ2n) is 12.6. The smallest absolute Gasteiger partial charge is 0.00923 e. The Labute approximate surface area is 294 Å². The maximum Gasteiger partial charge on any atom is -0.00923 e. The summed E-state index contributed by atoms with van der Waals surface area (Å²) < 4.78 is 0. The Bertz CT molecular complexity index is 2660. The lowest BCUT2D eigenvalue weighted by atomic mass is 9.92. The molecule has 9 aromatic rings. The van der Waals surface area contributed by atoms with Crippen molar-refractivity contribution in [1.82, 2.24) is 0 Å². The Morgan fingerprint density at radius 2 is 0.417 bits per heavy atom. The summed E-state index contributed by atoms with van der Waals surface area (Å²) in [6.07, 6.45) is 0. The van der Waals surface area contributed by atoms with Crippen LogP contribution in [0.2, 0.25) is 0 Å². The van der Waals surface area contributed by atoms with Crippen molar-refractivity contribution in [3.63, 3.8) is 0 Å². The summed E-state index contributed by atoms with van der Waals surface area (Å²) in [5, 5.41) is 22.7. The minimum Gasteiger partial charge on any atom is -0.104 e. The zero-order chi connectivity index (χ0) is 32.8. The molecule has 48 heavy (non-hydrogen) atoms. The van der Waals surface area contributed by atoms with Gasteiger partial charge in [-0.1, -0.05) is 97.1 Å². The molecule has 0 aliphatic carbocycles. The van der Waals surface area contributed by atoms with E-state index < -0.39 is 0 Å². The lowest BCUT2D eigenvalue weighted by Gasteiger charge is -2.16. The molecule has 6 unspecified atom stereocenters. The minimum atomic E-state index is 1.22. The lowest BCUT2D eigenvalue weighted by molar-refractivity contribution is 1.69. The number of hydrogen-bond acceptors (Lipinski definition) is 0. The third kappa shape index (κ3) is 4.73. The largest absolute Gasteiger partial charge is 0.104 e. The second kappa shape index (κ2) is 11.9. The molecule has 230 valence electrons. The van der Waals surface area contributed by atoms with Gasteiger partial charge in [0.15, 0.2) is 0 Å². The molecule has 0 heterocycles. The molecule has 0 spiro atoms. The van der Waals surface area contributed by atoms with E-state index in [1.54, 1.807) is 0 Å². The van der Waals surface area contributed by atoms with E-state index in [0.717, 1.165) is 0 Å². The van der Waals surface area contributed by atoms with Gasteiger partial charge in [0, 0.05) is 0 Å². The number of benzene rings is 9. The zero-order valence-corrected chi connectivity index (χ0v) is 32.9. The second-order valence-corrected chi connectivity index (χ2v) is 16.1. The molecular weight excluding hydrogens is 690 g/mol. The van der Waals surface area contributed by atoms with Gasteiger partial charge in [0.05, 0.1) is 0 Å². The summed E-state index contributed by atoms with van der Waals surface area (Å²) in [5.41, 5.74) is 4.89. The molecule has 0 aromatic heterocycles. The minimum absolute atomic E-state index is 1.22. The van der Waals surface area contributed by atoms with Crippen LogP contribution in [-0.4, -0.2) is 0 Å². The van der Waals surface area contributed by atoms with Crippen molar-refractivity contribution in [2.75, 3.05) is 0 Å². The fourth-order valence-electron chi connectivity index (χ4n) is 7.50. The van der Waals surface area contributed by atoms with Crippen molar-refractivity contribution in [2.24, 2.45) is 0 Å². The Hall–Kier alpha value is -2.88. The van der Waals surface area contributed by atoms with Crippen LogP contribution in [0.3, 0.4) is 0 Å². The topological polar surface area (TPSA) is 0 Å². The quantitative estimate of drug-likeness (QED) is 0.124. The standard InChI is InChI=1S/C42H32P6/c43-37-27-7-3-1-5-25(27)33-17-21(9-13-29(33)39(37)45)23-11-15-31-35(19-23)36-20-24(12-16-32(36)42(48)41(31)47)22-10-14-30-34(18-22)26-6-2-4-8-28(26)38(44)40(30)46/h1-20H,43-48H2. The molecule has 0 N–H and O–H groups in total. The highest BCUT2D eigenvalue weighted by atomic mass is 31.0. The molecule has 6 heteroatoms. The monoisotopic (exact) mass is 722 g/mol. The molecule has 0 nitrogen and oxygen atoms in total. The van der Waals surface area contributed by atoms with Crippen molar-refractivity contribution in [1.29, 1.82) is 0 Å². The van der Waals surface area contributed by atoms with Gasteiger partial charge < -0.3 is 0 Å². The first kappa shape index (κ1) is 31.1. The van der Waals surface area contributed by atoms with Crippen molar-refractivity contribution in [2.45, 2.75) is 0 Å². The average molecular weight is 723 g/mol. The molecule has 9 rings (SSSR count). The van der Waals surface area contributed by atoms with Crippen molar-refractivity contribution in [3.8, 4) is 22.3 Å². The fraction of sp³-hybridized carbons (Fsp3) is 0. The first-order chi connectivity index (χ1) is 23.3. The first-order valence-corrected chi connectivity index (χ1v) is 19.3. The molecule has 0 aliphatic heterocycles. The van der Waals surface area contributed by atoms with Crippen molar-refractivity contribution >= 4 is 152 Å². The molecule has 0 bridgehead atoms. The summed E-state index contributed by atoms with van der Waals surface area (Å²) in [5.74, 6) is 0. The Morgan fingerprint density at radius 1 is 0.208 bits per heavy atom. The predicted molar refractivity (Wildman–Crippen MR) is 238 cm³/mol. The van der Waals surface area contributed by atoms with E-state index in [2.05, 4.69) is 177 Å². The third-order valence-electron chi connectivity index (χ3n) is 10.1. The van der Waals surface area contributed by atoms with Crippen LogP contribution in [-0.2, 0) is 0 Å². The number of fused-ring (bicyclic) bond motifs is 9. The normalized spacial score (nSPS) is 12.0. The molecule has 0 saturated heterocycles. The average Bonchev–Trinajstić information content (AvgIpc) is 3.14. The van der Waals surface area contributed by atoms with E-state index in [-0.39, 0.29) is 0 Å². The van der Waals surface area contributed by atoms with Crippen LogP contribution in [0.15, 0.2) is 121 Å². The van der Waals surface area contributed by atoms with Crippen molar-refractivity contribution in [3.05, 3.63) is 121 Å². The Morgan fingerprint density at radius 3 is 0.688 bits per heavy atom. The molecule has 9 aromatic carbocycles. The summed E-state index contributed by atoms with van der Waals surface area (Å²) >= 11 is 0. The molecule has 0 aliphatic rings. The van der Waals surface area contributed by atoms with E-state index in [0.29, 0.717) is 0 Å². The molecular formula is C42H32P6. The number of hydrogen-bond donors (Lipinski definition) is 0. The van der Waals surface area contributed by atoms with Gasteiger partial charge in [-0.15, -0.1) is 55.4 Å². The maximum atomic E-state index is 3.01. The highest BCUT2D eigenvalue weighted by Crippen LogP contribution is 2.36. The van der Waals surface area contributed by atoms with E-state index in [1.807, 2.05) is 0 Å². The first-order valence-electron chi connectivity index (χ1n) is 15.8. The van der Waals surface area contributed by atoms with Crippen LogP contribution in [0.25, 0.3) is 86.9 Å². The highest BCUT2D eigenvalue weighted by molar-refractivity contribution is 7.38. The van der Waals surface area contributed by atoms with Gasteiger partial charge >= 0.3 is 0 Å². The molecule has 0 saturated carbocycles. The molecule has 0 fully saturated rings. The summed E-state index contributed by atoms with van der Waals surface area (Å²) in [4.78, 5) is 0. The maximum absolute atomic E-state index is 3.01. The van der Waals surface area contributed by atoms with Gasteiger partial charge in [-0.3, -0.25) is 0 Å². The summed E-state index contributed by atoms with van der Waals surface area (Å²) in [6.45, 7) is 0. The third-order valence-corrected chi connectivity index (χ3v) is 14.8. The zero-order valence-electron chi connectivity index (χ0n) is 26.0. The summed E-state index contributed by atoms with van der Waals surface area (Å²) in [7, 11) is 17.8. The van der Waals surface area contributed by atoms with E-state index in [9.17, 15) is 0 Å². The predicted octanol–water partition coefficient (Wildman–Crippen LogP) is 8.94. The van der Waals surface area contributed by atoms with E-state index >= 15 is 0 Å². The Kier molecular flexibility index (Phi) is 7.70. The summed E-state index contributed by atoms with van der Waals surface area (Å²) in [6, 6.07) is 45.2. The van der Waals surface area contributed by atoms with Crippen LogP contribution in [0.1, 0.15) is 0 Å². The van der Waals surface area contributed by atoms with Gasteiger partial charge in [-0.2, -0.15) is 0 Å². The van der Waals surface area contributed by atoms with Crippen LogP contribution in [0.4, 0.5) is 0 Å².